The van der Waals surface area contributed by atoms with Gasteiger partial charge in [0, 0.05) is 21.1 Å². The second-order valence-electron chi connectivity index (χ2n) is 5.40. The van der Waals surface area contributed by atoms with Gasteiger partial charge in [-0.3, -0.25) is 0 Å². The summed E-state index contributed by atoms with van der Waals surface area (Å²) >= 11 is 13.6. The molecule has 0 unspecified atom stereocenters. The average Bonchev–Trinajstić information content (AvgIpc) is 2.53. The van der Waals surface area contributed by atoms with Gasteiger partial charge in [-0.15, -0.1) is 0 Å². The molecular formula is C18H19Br2Cl. The van der Waals surface area contributed by atoms with Crippen molar-refractivity contribution >= 4 is 43.5 Å². The Bertz CT molecular complexity index is 550. The Labute approximate surface area is 149 Å². The van der Waals surface area contributed by atoms with Gasteiger partial charge in [0.15, 0.2) is 0 Å². The molecule has 112 valence electrons. The highest BCUT2D eigenvalue weighted by molar-refractivity contribution is 9.09. The van der Waals surface area contributed by atoms with Gasteiger partial charge in [0.05, 0.1) is 0 Å². The number of aryl methyl sites for hydroxylation is 1. The first-order valence-electron chi connectivity index (χ1n) is 7.12. The minimum Gasteiger partial charge on any atom is -0.0918 e. The van der Waals surface area contributed by atoms with Gasteiger partial charge in [-0.25, -0.2) is 0 Å². The summed E-state index contributed by atoms with van der Waals surface area (Å²) in [5.41, 5.74) is 2.80. The van der Waals surface area contributed by atoms with Crippen LogP contribution in [0.2, 0.25) is 5.02 Å². The summed E-state index contributed by atoms with van der Waals surface area (Å²) in [4.78, 5) is 0. The highest BCUT2D eigenvalue weighted by atomic mass is 79.9. The Hall–Kier alpha value is -0.310. The Balaban J connectivity index is 2.08. The van der Waals surface area contributed by atoms with E-state index in [-0.39, 0.29) is 5.41 Å². The van der Waals surface area contributed by atoms with Crippen molar-refractivity contribution in [3.05, 3.63) is 70.7 Å². The van der Waals surface area contributed by atoms with E-state index in [1.807, 2.05) is 12.1 Å². The van der Waals surface area contributed by atoms with Crippen LogP contribution in [0, 0.1) is 0 Å². The minimum absolute atomic E-state index is 0.0969. The molecule has 3 heteroatoms. The third kappa shape index (κ3) is 4.58. The first kappa shape index (κ1) is 17.1. The molecule has 0 saturated carbocycles. The molecular weight excluding hydrogens is 411 g/mol. The van der Waals surface area contributed by atoms with E-state index < -0.39 is 0 Å². The molecule has 0 saturated heterocycles. The molecule has 0 nitrogen and oxygen atoms in total. The van der Waals surface area contributed by atoms with Crippen molar-refractivity contribution in [3.63, 3.8) is 0 Å². The predicted octanol–water partition coefficient (Wildman–Crippen LogP) is 6.39. The lowest BCUT2D eigenvalue weighted by molar-refractivity contribution is 0.484. The van der Waals surface area contributed by atoms with Gasteiger partial charge in [0.2, 0.25) is 0 Å². The molecule has 0 aliphatic heterocycles. The molecule has 0 amide bonds. The van der Waals surface area contributed by atoms with Crippen molar-refractivity contribution in [3.8, 4) is 0 Å². The Morgan fingerprint density at radius 1 is 0.905 bits per heavy atom. The molecule has 0 spiro atoms. The fourth-order valence-corrected chi connectivity index (χ4v) is 4.89. The number of alkyl halides is 2. The molecule has 0 aromatic heterocycles. The SMILES string of the molecule is Clc1cccc(C(CBr)(CBr)CCCc2ccccc2)c1. The molecule has 0 aliphatic rings. The van der Waals surface area contributed by atoms with Crippen LogP contribution in [0.1, 0.15) is 24.0 Å². The average molecular weight is 431 g/mol. The van der Waals surface area contributed by atoms with E-state index >= 15 is 0 Å². The summed E-state index contributed by atoms with van der Waals surface area (Å²) in [5.74, 6) is 0. The second kappa shape index (κ2) is 8.36. The highest BCUT2D eigenvalue weighted by Gasteiger charge is 2.29. The zero-order chi connectivity index (χ0) is 15.1. The van der Waals surface area contributed by atoms with Gasteiger partial charge < -0.3 is 0 Å². The lowest BCUT2D eigenvalue weighted by Gasteiger charge is -2.31. The van der Waals surface area contributed by atoms with Crippen molar-refractivity contribution < 1.29 is 0 Å². The Morgan fingerprint density at radius 2 is 1.62 bits per heavy atom. The monoisotopic (exact) mass is 428 g/mol. The molecule has 21 heavy (non-hydrogen) atoms. The molecule has 0 atom stereocenters. The molecule has 0 heterocycles. The normalized spacial score (nSPS) is 11.6. The fraction of sp³-hybridized carbons (Fsp3) is 0.333. The van der Waals surface area contributed by atoms with Crippen LogP contribution in [0.5, 0.6) is 0 Å². The van der Waals surface area contributed by atoms with E-state index in [0.717, 1.165) is 34.9 Å². The molecule has 0 aliphatic carbocycles. The predicted molar refractivity (Wildman–Crippen MR) is 100 cm³/mol. The quantitative estimate of drug-likeness (QED) is 0.447. The van der Waals surface area contributed by atoms with E-state index in [0.29, 0.717) is 0 Å². The van der Waals surface area contributed by atoms with Crippen molar-refractivity contribution in [2.45, 2.75) is 24.7 Å². The van der Waals surface area contributed by atoms with Crippen molar-refractivity contribution in [2.24, 2.45) is 0 Å². The van der Waals surface area contributed by atoms with Gasteiger partial charge in [-0.05, 0) is 42.5 Å². The van der Waals surface area contributed by atoms with E-state index in [1.165, 1.54) is 11.1 Å². The van der Waals surface area contributed by atoms with Gasteiger partial charge in [0.1, 0.15) is 0 Å². The first-order chi connectivity index (χ1) is 10.2. The smallest absolute Gasteiger partial charge is 0.0408 e. The largest absolute Gasteiger partial charge is 0.0918 e. The summed E-state index contributed by atoms with van der Waals surface area (Å²) in [6.45, 7) is 0. The summed E-state index contributed by atoms with van der Waals surface area (Å²) in [6, 6.07) is 18.9. The van der Waals surface area contributed by atoms with Crippen LogP contribution in [-0.4, -0.2) is 10.7 Å². The standard InChI is InChI=1S/C18H19Br2Cl/c19-13-18(14-20,16-9-4-10-17(21)12-16)11-5-8-15-6-2-1-3-7-15/h1-4,6-7,9-10,12H,5,8,11,13-14H2. The van der Waals surface area contributed by atoms with Crippen LogP contribution >= 0.6 is 43.5 Å². The molecule has 0 N–H and O–H groups in total. The fourth-order valence-electron chi connectivity index (χ4n) is 2.56. The van der Waals surface area contributed by atoms with Crippen LogP contribution in [0.3, 0.4) is 0 Å². The summed E-state index contributed by atoms with van der Waals surface area (Å²) in [5, 5.41) is 2.67. The number of benzene rings is 2. The number of hydrogen-bond acceptors (Lipinski definition) is 0. The van der Waals surface area contributed by atoms with E-state index in [2.05, 4.69) is 74.3 Å². The molecule has 0 fully saturated rings. The van der Waals surface area contributed by atoms with Gasteiger partial charge >= 0.3 is 0 Å². The Morgan fingerprint density at radius 3 is 2.24 bits per heavy atom. The number of halogens is 3. The Kier molecular flexibility index (Phi) is 6.78. The van der Waals surface area contributed by atoms with Crippen LogP contribution in [0.15, 0.2) is 54.6 Å². The molecule has 2 rings (SSSR count). The van der Waals surface area contributed by atoms with E-state index in [9.17, 15) is 0 Å². The summed E-state index contributed by atoms with van der Waals surface area (Å²) in [6.07, 6.45) is 3.40. The van der Waals surface area contributed by atoms with Gasteiger partial charge in [-0.2, -0.15) is 0 Å². The minimum atomic E-state index is 0.0969. The molecule has 2 aromatic carbocycles. The maximum absolute atomic E-state index is 6.16. The van der Waals surface area contributed by atoms with Crippen molar-refractivity contribution in [1.29, 1.82) is 0 Å². The van der Waals surface area contributed by atoms with E-state index in [1.54, 1.807) is 0 Å². The maximum Gasteiger partial charge on any atom is 0.0408 e. The van der Waals surface area contributed by atoms with Crippen LogP contribution in [0.4, 0.5) is 0 Å². The summed E-state index contributed by atoms with van der Waals surface area (Å²) in [7, 11) is 0. The zero-order valence-corrected chi connectivity index (χ0v) is 15.8. The molecule has 2 aromatic rings. The third-order valence-corrected chi connectivity index (χ3v) is 6.29. The number of rotatable bonds is 7. The summed E-state index contributed by atoms with van der Waals surface area (Å²) < 4.78 is 0. The molecule has 0 radical (unpaired) electrons. The third-order valence-electron chi connectivity index (χ3n) is 3.91. The van der Waals surface area contributed by atoms with Crippen molar-refractivity contribution in [2.75, 3.05) is 10.7 Å². The topological polar surface area (TPSA) is 0 Å². The first-order valence-corrected chi connectivity index (χ1v) is 9.74. The molecule has 0 bridgehead atoms. The van der Waals surface area contributed by atoms with Gasteiger partial charge in [0.25, 0.3) is 0 Å². The van der Waals surface area contributed by atoms with E-state index in [4.69, 9.17) is 11.6 Å². The number of hydrogen-bond donors (Lipinski definition) is 0. The lowest BCUT2D eigenvalue weighted by Crippen LogP contribution is -2.30. The highest BCUT2D eigenvalue weighted by Crippen LogP contribution is 2.35. The van der Waals surface area contributed by atoms with Crippen LogP contribution in [0.25, 0.3) is 0 Å². The van der Waals surface area contributed by atoms with Crippen LogP contribution < -0.4 is 0 Å². The zero-order valence-electron chi connectivity index (χ0n) is 11.9. The van der Waals surface area contributed by atoms with Crippen LogP contribution in [-0.2, 0) is 11.8 Å². The lowest BCUT2D eigenvalue weighted by atomic mass is 9.79. The van der Waals surface area contributed by atoms with Gasteiger partial charge in [-0.1, -0.05) is 85.9 Å². The second-order valence-corrected chi connectivity index (χ2v) is 6.95. The maximum atomic E-state index is 6.16. The van der Waals surface area contributed by atoms with Crippen molar-refractivity contribution in [1.82, 2.24) is 0 Å².